The lowest BCUT2D eigenvalue weighted by atomic mass is 10.1. The Kier molecular flexibility index (Phi) is 6.94. The van der Waals surface area contributed by atoms with E-state index in [2.05, 4.69) is 5.32 Å². The Hall–Kier alpha value is -1.31. The third-order valence-corrected chi connectivity index (χ3v) is 3.95. The van der Waals surface area contributed by atoms with E-state index in [1.807, 2.05) is 25.1 Å². The van der Waals surface area contributed by atoms with E-state index in [4.69, 9.17) is 14.6 Å². The van der Waals surface area contributed by atoms with Gasteiger partial charge in [-0.05, 0) is 44.0 Å². The molecule has 3 N–H and O–H groups in total. The minimum Gasteiger partial charge on any atom is -0.493 e. The maximum absolute atomic E-state index is 10.8. The fourth-order valence-corrected chi connectivity index (χ4v) is 2.60. The monoisotopic (exact) mass is 316 g/mol. The van der Waals surface area contributed by atoms with Gasteiger partial charge in [-0.2, -0.15) is 0 Å². The highest BCUT2D eigenvalue weighted by Gasteiger charge is 2.08. The number of nitrogens with one attached hydrogen (secondary N) is 1. The molecule has 0 spiro atoms. The van der Waals surface area contributed by atoms with Gasteiger partial charge in [0.1, 0.15) is 0 Å². The van der Waals surface area contributed by atoms with Crippen molar-refractivity contribution in [3.05, 3.63) is 23.8 Å². The van der Waals surface area contributed by atoms with Gasteiger partial charge in [-0.3, -0.25) is 0 Å². The molecule has 0 bridgehead atoms. The summed E-state index contributed by atoms with van der Waals surface area (Å²) < 4.78 is 32.1. The summed E-state index contributed by atoms with van der Waals surface area (Å²) in [4.78, 5) is 0. The summed E-state index contributed by atoms with van der Waals surface area (Å²) in [5.41, 5.74) is 1.12. The molecule has 0 amide bonds. The van der Waals surface area contributed by atoms with Crippen LogP contribution in [0, 0.1) is 0 Å². The van der Waals surface area contributed by atoms with E-state index in [1.54, 1.807) is 14.2 Å². The Bertz CT molecular complexity index is 546. The van der Waals surface area contributed by atoms with Gasteiger partial charge in [0.05, 0.1) is 20.0 Å². The number of rotatable bonds is 9. The first kappa shape index (κ1) is 17.7. The Morgan fingerprint density at radius 3 is 2.48 bits per heavy atom. The van der Waals surface area contributed by atoms with Crippen LogP contribution in [-0.4, -0.2) is 41.0 Å². The second-order valence-electron chi connectivity index (χ2n) is 4.97. The van der Waals surface area contributed by atoms with Gasteiger partial charge in [-0.1, -0.05) is 6.07 Å². The lowest BCUT2D eigenvalue weighted by Crippen LogP contribution is -2.30. The largest absolute Gasteiger partial charge is 0.493 e. The molecule has 0 aliphatic heterocycles. The van der Waals surface area contributed by atoms with Crippen molar-refractivity contribution in [1.82, 2.24) is 5.32 Å². The summed E-state index contributed by atoms with van der Waals surface area (Å²) in [5, 5.41) is 8.23. The number of sulfonamides is 1. The van der Waals surface area contributed by atoms with Gasteiger partial charge in [0.2, 0.25) is 10.0 Å². The number of methoxy groups -OCH3 is 2. The predicted octanol–water partition coefficient (Wildman–Crippen LogP) is 0.903. The number of primary sulfonamides is 1. The van der Waals surface area contributed by atoms with Crippen molar-refractivity contribution in [3.8, 4) is 11.5 Å². The van der Waals surface area contributed by atoms with Gasteiger partial charge in [0.25, 0.3) is 0 Å². The second-order valence-corrected chi connectivity index (χ2v) is 6.70. The first-order chi connectivity index (χ1) is 9.85. The van der Waals surface area contributed by atoms with E-state index in [0.717, 1.165) is 12.0 Å². The van der Waals surface area contributed by atoms with Gasteiger partial charge in [0.15, 0.2) is 11.5 Å². The Labute approximate surface area is 126 Å². The van der Waals surface area contributed by atoms with Crippen molar-refractivity contribution in [2.45, 2.75) is 25.8 Å². The molecule has 7 heteroatoms. The van der Waals surface area contributed by atoms with Crippen LogP contribution < -0.4 is 19.9 Å². The molecular weight excluding hydrogens is 292 g/mol. The van der Waals surface area contributed by atoms with E-state index < -0.39 is 10.0 Å². The fraction of sp³-hybridized carbons (Fsp3) is 0.571. The zero-order valence-electron chi connectivity index (χ0n) is 12.8. The Morgan fingerprint density at radius 2 is 1.90 bits per heavy atom. The molecule has 21 heavy (non-hydrogen) atoms. The first-order valence-electron chi connectivity index (χ1n) is 6.80. The number of benzene rings is 1. The molecule has 0 fully saturated rings. The van der Waals surface area contributed by atoms with E-state index in [9.17, 15) is 8.42 Å². The Balaban J connectivity index is 2.45. The van der Waals surface area contributed by atoms with Crippen LogP contribution in [0.1, 0.15) is 18.9 Å². The van der Waals surface area contributed by atoms with E-state index in [-0.39, 0.29) is 11.8 Å². The van der Waals surface area contributed by atoms with E-state index in [1.165, 1.54) is 0 Å². The van der Waals surface area contributed by atoms with E-state index in [0.29, 0.717) is 24.5 Å². The lowest BCUT2D eigenvalue weighted by molar-refractivity contribution is 0.354. The molecule has 0 aliphatic rings. The zero-order valence-corrected chi connectivity index (χ0v) is 13.6. The predicted molar refractivity (Wildman–Crippen MR) is 83.3 cm³/mol. The summed E-state index contributed by atoms with van der Waals surface area (Å²) in [5.74, 6) is 1.41. The standard InChI is InChI=1S/C14H24N2O4S/c1-11(16-7-4-8-21(15,17)18)9-12-5-6-13(19-2)14(10-12)20-3/h5-6,10-11,16H,4,7-9H2,1-3H3,(H2,15,17,18). The molecule has 6 nitrogen and oxygen atoms in total. The van der Waals surface area contributed by atoms with Crippen molar-refractivity contribution in [2.75, 3.05) is 26.5 Å². The highest BCUT2D eigenvalue weighted by Crippen LogP contribution is 2.27. The Morgan fingerprint density at radius 1 is 1.24 bits per heavy atom. The highest BCUT2D eigenvalue weighted by atomic mass is 32.2. The molecule has 1 aromatic rings. The lowest BCUT2D eigenvalue weighted by Gasteiger charge is -2.15. The van der Waals surface area contributed by atoms with Crippen molar-refractivity contribution in [2.24, 2.45) is 5.14 Å². The molecule has 0 aliphatic carbocycles. The molecule has 0 radical (unpaired) electrons. The molecule has 120 valence electrons. The van der Waals surface area contributed by atoms with Gasteiger partial charge in [-0.15, -0.1) is 0 Å². The second kappa shape index (κ2) is 8.21. The molecular formula is C14H24N2O4S. The zero-order chi connectivity index (χ0) is 15.9. The highest BCUT2D eigenvalue weighted by molar-refractivity contribution is 7.89. The van der Waals surface area contributed by atoms with Crippen LogP contribution in [0.3, 0.4) is 0 Å². The van der Waals surface area contributed by atoms with Gasteiger partial charge >= 0.3 is 0 Å². The maximum Gasteiger partial charge on any atom is 0.209 e. The van der Waals surface area contributed by atoms with Crippen molar-refractivity contribution in [1.29, 1.82) is 0 Å². The summed E-state index contributed by atoms with van der Waals surface area (Å²) in [6.07, 6.45) is 1.32. The molecule has 0 aromatic heterocycles. The molecule has 1 aromatic carbocycles. The van der Waals surface area contributed by atoms with Gasteiger partial charge < -0.3 is 14.8 Å². The summed E-state index contributed by atoms with van der Waals surface area (Å²) >= 11 is 0. The van der Waals surface area contributed by atoms with Crippen molar-refractivity contribution < 1.29 is 17.9 Å². The van der Waals surface area contributed by atoms with Crippen LogP contribution in [0.25, 0.3) is 0 Å². The molecule has 1 atom stereocenters. The average Bonchev–Trinajstić information content (AvgIpc) is 2.42. The minimum absolute atomic E-state index is 0.00305. The normalized spacial score (nSPS) is 13.0. The number of hydrogen-bond donors (Lipinski definition) is 2. The number of nitrogens with two attached hydrogens (primary N) is 1. The maximum atomic E-state index is 10.8. The van der Waals surface area contributed by atoms with Crippen molar-refractivity contribution in [3.63, 3.8) is 0 Å². The van der Waals surface area contributed by atoms with Crippen LogP contribution in [0.15, 0.2) is 18.2 Å². The van der Waals surface area contributed by atoms with Crippen LogP contribution in [0.5, 0.6) is 11.5 Å². The third kappa shape index (κ3) is 6.79. The molecule has 0 saturated carbocycles. The summed E-state index contributed by atoms with van der Waals surface area (Å²) in [6, 6.07) is 6.04. The molecule has 1 unspecified atom stereocenters. The van der Waals surface area contributed by atoms with E-state index >= 15 is 0 Å². The third-order valence-electron chi connectivity index (χ3n) is 3.09. The molecule has 0 saturated heterocycles. The van der Waals surface area contributed by atoms with Gasteiger partial charge in [0, 0.05) is 6.04 Å². The quantitative estimate of drug-likeness (QED) is 0.661. The van der Waals surface area contributed by atoms with Gasteiger partial charge in [-0.25, -0.2) is 13.6 Å². The summed E-state index contributed by atoms with van der Waals surface area (Å²) in [7, 11) is -0.156. The fourth-order valence-electron chi connectivity index (χ4n) is 2.06. The SMILES string of the molecule is COc1ccc(CC(C)NCCCS(N)(=O)=O)cc1OC. The van der Waals surface area contributed by atoms with Crippen LogP contribution in [-0.2, 0) is 16.4 Å². The molecule has 1 rings (SSSR count). The number of hydrogen-bond acceptors (Lipinski definition) is 5. The van der Waals surface area contributed by atoms with Crippen molar-refractivity contribution >= 4 is 10.0 Å². The average molecular weight is 316 g/mol. The first-order valence-corrected chi connectivity index (χ1v) is 8.52. The minimum atomic E-state index is -3.37. The smallest absolute Gasteiger partial charge is 0.209 e. The number of ether oxygens (including phenoxy) is 2. The summed E-state index contributed by atoms with van der Waals surface area (Å²) in [6.45, 7) is 2.67. The van der Waals surface area contributed by atoms with Crippen LogP contribution >= 0.6 is 0 Å². The molecule has 0 heterocycles. The van der Waals surface area contributed by atoms with Crippen LogP contribution in [0.4, 0.5) is 0 Å². The topological polar surface area (TPSA) is 90.6 Å². The van der Waals surface area contributed by atoms with Crippen LogP contribution in [0.2, 0.25) is 0 Å².